The molecule has 1 aliphatic rings. The van der Waals surface area contributed by atoms with E-state index in [-0.39, 0.29) is 35.1 Å². The van der Waals surface area contributed by atoms with Crippen molar-refractivity contribution >= 4 is 15.7 Å². The number of rotatable bonds is 7. The highest BCUT2D eigenvalue weighted by molar-refractivity contribution is 7.91. The van der Waals surface area contributed by atoms with Crippen molar-refractivity contribution < 1.29 is 17.9 Å². The maximum Gasteiger partial charge on any atom is 0.223 e. The van der Waals surface area contributed by atoms with Gasteiger partial charge in [0, 0.05) is 19.0 Å². The predicted molar refractivity (Wildman–Crippen MR) is 98.5 cm³/mol. The summed E-state index contributed by atoms with van der Waals surface area (Å²) in [5.74, 6) is 0.447. The van der Waals surface area contributed by atoms with E-state index in [1.54, 1.807) is 24.3 Å². The second-order valence-corrected chi connectivity index (χ2v) is 8.96. The average molecular weight is 368 g/mol. The molecular formula is C19H29NO4S. The summed E-state index contributed by atoms with van der Waals surface area (Å²) in [5.41, 5.74) is 0. The Balaban J connectivity index is 1.97. The van der Waals surface area contributed by atoms with Crippen LogP contribution >= 0.6 is 0 Å². The minimum atomic E-state index is -3.47. The lowest BCUT2D eigenvalue weighted by Crippen LogP contribution is -2.43. The molecular weight excluding hydrogens is 338 g/mol. The van der Waals surface area contributed by atoms with Crippen LogP contribution in [0.15, 0.2) is 29.2 Å². The topological polar surface area (TPSA) is 63.7 Å². The van der Waals surface area contributed by atoms with Crippen LogP contribution in [0.25, 0.3) is 0 Å². The molecule has 1 aliphatic heterocycles. The minimum Gasteiger partial charge on any atom is -0.491 e. The molecule has 140 valence electrons. The number of hydrogen-bond donors (Lipinski definition) is 0. The van der Waals surface area contributed by atoms with Gasteiger partial charge in [0.15, 0.2) is 9.84 Å². The van der Waals surface area contributed by atoms with Crippen LogP contribution in [-0.4, -0.2) is 43.7 Å². The average Bonchev–Trinajstić information content (AvgIpc) is 2.59. The summed E-state index contributed by atoms with van der Waals surface area (Å²) in [6.45, 7) is 6.66. The molecule has 1 saturated heterocycles. The Morgan fingerprint density at radius 2 is 1.92 bits per heavy atom. The number of ether oxygens (including phenoxy) is 1. The van der Waals surface area contributed by atoms with Gasteiger partial charge in [0.05, 0.1) is 16.8 Å². The highest BCUT2D eigenvalue weighted by Crippen LogP contribution is 2.22. The minimum absolute atomic E-state index is 0.0381. The van der Waals surface area contributed by atoms with Gasteiger partial charge in [-0.05, 0) is 63.8 Å². The third-order valence-corrected chi connectivity index (χ3v) is 6.29. The zero-order chi connectivity index (χ0) is 18.4. The standard InChI is InChI=1S/C19H29NO4S/c1-4-16-7-5-6-13-20(16)19(21)12-14-25(22,23)18-10-8-17(9-11-18)24-15(2)3/h8-11,15-16H,4-7,12-14H2,1-3H3. The van der Waals surface area contributed by atoms with Gasteiger partial charge in [-0.15, -0.1) is 0 Å². The Hall–Kier alpha value is -1.56. The van der Waals surface area contributed by atoms with E-state index < -0.39 is 9.84 Å². The first-order valence-electron chi connectivity index (χ1n) is 9.12. The van der Waals surface area contributed by atoms with Crippen molar-refractivity contribution in [1.82, 2.24) is 4.90 Å². The summed E-state index contributed by atoms with van der Waals surface area (Å²) in [6, 6.07) is 6.68. The van der Waals surface area contributed by atoms with Gasteiger partial charge in [-0.25, -0.2) is 8.42 Å². The number of likely N-dealkylation sites (tertiary alicyclic amines) is 1. The summed E-state index contributed by atoms with van der Waals surface area (Å²) in [5, 5.41) is 0. The van der Waals surface area contributed by atoms with Crippen LogP contribution in [-0.2, 0) is 14.6 Å². The molecule has 0 aromatic heterocycles. The molecule has 6 heteroatoms. The van der Waals surface area contributed by atoms with Gasteiger partial charge >= 0.3 is 0 Å². The highest BCUT2D eigenvalue weighted by atomic mass is 32.2. The number of benzene rings is 1. The Bertz CT molecular complexity index is 667. The number of hydrogen-bond acceptors (Lipinski definition) is 4. The van der Waals surface area contributed by atoms with Gasteiger partial charge in [0.25, 0.3) is 0 Å². The molecule has 1 fully saturated rings. The second-order valence-electron chi connectivity index (χ2n) is 6.85. The van der Waals surface area contributed by atoms with Gasteiger partial charge in [0.2, 0.25) is 5.91 Å². The largest absolute Gasteiger partial charge is 0.491 e. The molecule has 0 saturated carbocycles. The van der Waals surface area contributed by atoms with E-state index in [1.165, 1.54) is 0 Å². The fourth-order valence-electron chi connectivity index (χ4n) is 3.23. The van der Waals surface area contributed by atoms with E-state index in [9.17, 15) is 13.2 Å². The van der Waals surface area contributed by atoms with Crippen LogP contribution < -0.4 is 4.74 Å². The lowest BCUT2D eigenvalue weighted by Gasteiger charge is -2.35. The molecule has 0 radical (unpaired) electrons. The van der Waals surface area contributed by atoms with Gasteiger partial charge in [0.1, 0.15) is 5.75 Å². The number of nitrogens with zero attached hydrogens (tertiary/aromatic N) is 1. The SMILES string of the molecule is CCC1CCCCN1C(=O)CCS(=O)(=O)c1ccc(OC(C)C)cc1. The maximum atomic E-state index is 12.5. The lowest BCUT2D eigenvalue weighted by molar-refractivity contribution is -0.134. The van der Waals surface area contributed by atoms with Crippen molar-refractivity contribution in [2.24, 2.45) is 0 Å². The fourth-order valence-corrected chi connectivity index (χ4v) is 4.46. The van der Waals surface area contributed by atoms with Crippen molar-refractivity contribution in [3.05, 3.63) is 24.3 Å². The molecule has 1 atom stereocenters. The smallest absolute Gasteiger partial charge is 0.223 e. The van der Waals surface area contributed by atoms with E-state index in [1.807, 2.05) is 18.7 Å². The number of carbonyl (C=O) groups excluding carboxylic acids is 1. The Morgan fingerprint density at radius 3 is 2.52 bits per heavy atom. The van der Waals surface area contributed by atoms with Gasteiger partial charge in [-0.3, -0.25) is 4.79 Å². The van der Waals surface area contributed by atoms with E-state index in [0.29, 0.717) is 5.75 Å². The molecule has 0 bridgehead atoms. The zero-order valence-electron chi connectivity index (χ0n) is 15.4. The summed E-state index contributed by atoms with van der Waals surface area (Å²) in [4.78, 5) is 14.6. The first kappa shape index (κ1) is 19.8. The number of amides is 1. The zero-order valence-corrected chi connectivity index (χ0v) is 16.2. The molecule has 2 rings (SSSR count). The molecule has 0 spiro atoms. The van der Waals surface area contributed by atoms with Crippen LogP contribution in [0.4, 0.5) is 0 Å². The molecule has 25 heavy (non-hydrogen) atoms. The summed E-state index contributed by atoms with van der Waals surface area (Å²) in [7, 11) is -3.47. The third-order valence-electron chi connectivity index (χ3n) is 4.56. The summed E-state index contributed by atoms with van der Waals surface area (Å²) >= 11 is 0. The summed E-state index contributed by atoms with van der Waals surface area (Å²) < 4.78 is 30.5. The molecule has 0 aliphatic carbocycles. The third kappa shape index (κ3) is 5.46. The van der Waals surface area contributed by atoms with Crippen LogP contribution in [0.1, 0.15) is 52.9 Å². The van der Waals surface area contributed by atoms with Crippen LogP contribution in [0.5, 0.6) is 5.75 Å². The first-order valence-corrected chi connectivity index (χ1v) is 10.8. The fraction of sp³-hybridized carbons (Fsp3) is 0.632. The van der Waals surface area contributed by atoms with E-state index in [2.05, 4.69) is 6.92 Å². The van der Waals surface area contributed by atoms with E-state index >= 15 is 0 Å². The van der Waals surface area contributed by atoms with Crippen molar-refractivity contribution in [1.29, 1.82) is 0 Å². The molecule has 0 N–H and O–H groups in total. The number of piperidine rings is 1. The van der Waals surface area contributed by atoms with Gasteiger partial charge < -0.3 is 9.64 Å². The van der Waals surface area contributed by atoms with E-state index in [4.69, 9.17) is 4.74 Å². The van der Waals surface area contributed by atoms with E-state index in [0.717, 1.165) is 32.2 Å². The monoisotopic (exact) mass is 367 g/mol. The van der Waals surface area contributed by atoms with Crippen LogP contribution in [0.2, 0.25) is 0 Å². The Labute approximate surface area is 151 Å². The second kappa shape index (κ2) is 8.70. The Kier molecular flexibility index (Phi) is 6.87. The van der Waals surface area contributed by atoms with Crippen LogP contribution in [0, 0.1) is 0 Å². The predicted octanol–water partition coefficient (Wildman–Crippen LogP) is 3.43. The molecule has 1 amide bonds. The number of sulfone groups is 1. The highest BCUT2D eigenvalue weighted by Gasteiger charge is 2.26. The van der Waals surface area contributed by atoms with Crippen LogP contribution in [0.3, 0.4) is 0 Å². The quantitative estimate of drug-likeness (QED) is 0.741. The van der Waals surface area contributed by atoms with Gasteiger partial charge in [-0.1, -0.05) is 6.92 Å². The van der Waals surface area contributed by atoms with Crippen molar-refractivity contribution in [2.75, 3.05) is 12.3 Å². The number of carbonyl (C=O) groups is 1. The molecule has 1 unspecified atom stereocenters. The molecule has 5 nitrogen and oxygen atoms in total. The maximum absolute atomic E-state index is 12.5. The normalized spacial score (nSPS) is 18.4. The van der Waals surface area contributed by atoms with Gasteiger partial charge in [-0.2, -0.15) is 0 Å². The molecule has 1 aromatic rings. The Morgan fingerprint density at radius 1 is 1.24 bits per heavy atom. The lowest BCUT2D eigenvalue weighted by atomic mass is 10.00. The first-order chi connectivity index (χ1) is 11.8. The van der Waals surface area contributed by atoms with Crippen molar-refractivity contribution in [3.63, 3.8) is 0 Å². The molecule has 1 heterocycles. The van der Waals surface area contributed by atoms with Crippen molar-refractivity contribution in [2.45, 2.75) is 69.9 Å². The van der Waals surface area contributed by atoms with Crippen molar-refractivity contribution in [3.8, 4) is 5.75 Å². The summed E-state index contributed by atoms with van der Waals surface area (Å²) in [6.07, 6.45) is 4.18. The molecule has 1 aromatic carbocycles.